The molecule has 2 unspecified atom stereocenters. The van der Waals surface area contributed by atoms with Crippen LogP contribution in [-0.2, 0) is 9.59 Å². The van der Waals surface area contributed by atoms with Gasteiger partial charge in [0.15, 0.2) is 0 Å². The summed E-state index contributed by atoms with van der Waals surface area (Å²) in [7, 11) is 0. The lowest BCUT2D eigenvalue weighted by Gasteiger charge is -2.47. The number of alkyl halides is 1. The topological polar surface area (TPSA) is 66.8 Å². The first-order valence-electron chi connectivity index (χ1n) is 10.9. The molecule has 1 aliphatic heterocycles. The Balaban J connectivity index is 1.58. The Morgan fingerprint density at radius 2 is 1.66 bits per heavy atom. The van der Waals surface area contributed by atoms with Crippen LogP contribution in [0, 0.1) is 11.3 Å². The molecule has 1 N–H and O–H groups in total. The maximum absolute atomic E-state index is 13.2. The summed E-state index contributed by atoms with van der Waals surface area (Å²) >= 11 is 5.93. The number of amides is 1. The summed E-state index contributed by atoms with van der Waals surface area (Å²) in [6, 6.07) is 14.9. The molecule has 2 aromatic rings. The van der Waals surface area contributed by atoms with Gasteiger partial charge in [0.1, 0.15) is 17.8 Å². The third kappa shape index (κ3) is 5.60. The summed E-state index contributed by atoms with van der Waals surface area (Å²) in [5.41, 5.74) is 0.884. The van der Waals surface area contributed by atoms with Gasteiger partial charge in [-0.1, -0.05) is 42.8 Å². The molecule has 1 saturated heterocycles. The van der Waals surface area contributed by atoms with E-state index in [4.69, 9.17) is 16.3 Å². The number of carboxylic acid groups (broad SMARTS) is 1. The van der Waals surface area contributed by atoms with Crippen molar-refractivity contribution in [1.29, 1.82) is 0 Å². The molecule has 5 nitrogen and oxygen atoms in total. The van der Waals surface area contributed by atoms with Gasteiger partial charge in [0.2, 0.25) is 5.91 Å². The van der Waals surface area contributed by atoms with Crippen LogP contribution in [-0.4, -0.2) is 47.8 Å². The molecular formula is C25H29ClFNO4. The van der Waals surface area contributed by atoms with E-state index in [0.717, 1.165) is 11.1 Å². The van der Waals surface area contributed by atoms with Gasteiger partial charge in [-0.2, -0.15) is 0 Å². The van der Waals surface area contributed by atoms with Crippen molar-refractivity contribution in [2.24, 2.45) is 11.3 Å². The van der Waals surface area contributed by atoms with Crippen molar-refractivity contribution in [1.82, 2.24) is 4.90 Å². The molecule has 1 fully saturated rings. The number of hydrogen-bond donors (Lipinski definition) is 1. The Labute approximate surface area is 193 Å². The summed E-state index contributed by atoms with van der Waals surface area (Å²) in [5, 5.41) is 10.4. The van der Waals surface area contributed by atoms with E-state index in [1.807, 2.05) is 43.3 Å². The standard InChI is InChI=1S/C25H29ClFNO4/c1-3-18(5-4-17(2)27)23(29)28-14-25(15-28,24(30)31)16-32-22-12-8-20(9-13-22)19-6-10-21(26)11-7-19/h6-13,17-18H,3-5,14-16H2,1-2H3,(H,30,31). The highest BCUT2D eigenvalue weighted by Crippen LogP contribution is 2.34. The lowest BCUT2D eigenvalue weighted by Crippen LogP contribution is -2.65. The number of carbonyl (C=O) groups is 2. The maximum atomic E-state index is 13.2. The van der Waals surface area contributed by atoms with Gasteiger partial charge in [0, 0.05) is 24.0 Å². The van der Waals surface area contributed by atoms with E-state index in [1.54, 1.807) is 17.0 Å². The second kappa shape index (κ2) is 10.3. The van der Waals surface area contributed by atoms with Gasteiger partial charge in [0.25, 0.3) is 0 Å². The molecule has 0 aliphatic carbocycles. The average Bonchev–Trinajstić information content (AvgIpc) is 2.74. The van der Waals surface area contributed by atoms with Crippen molar-refractivity contribution in [2.75, 3.05) is 19.7 Å². The number of hydrogen-bond acceptors (Lipinski definition) is 3. The van der Waals surface area contributed by atoms with Crippen LogP contribution in [0.2, 0.25) is 5.02 Å². The van der Waals surface area contributed by atoms with Crippen LogP contribution in [0.3, 0.4) is 0 Å². The first-order valence-corrected chi connectivity index (χ1v) is 11.3. The van der Waals surface area contributed by atoms with Gasteiger partial charge in [-0.3, -0.25) is 9.59 Å². The van der Waals surface area contributed by atoms with Crippen LogP contribution < -0.4 is 4.74 Å². The number of likely N-dealkylation sites (tertiary alicyclic amines) is 1. The zero-order chi connectivity index (χ0) is 23.3. The van der Waals surface area contributed by atoms with Crippen molar-refractivity contribution in [3.63, 3.8) is 0 Å². The van der Waals surface area contributed by atoms with E-state index in [-0.39, 0.29) is 31.5 Å². The molecule has 0 aromatic heterocycles. The van der Waals surface area contributed by atoms with Crippen LogP contribution in [0.1, 0.15) is 33.1 Å². The van der Waals surface area contributed by atoms with Crippen molar-refractivity contribution in [2.45, 2.75) is 39.3 Å². The number of carboxylic acids is 1. The molecule has 172 valence electrons. The number of ether oxygens (including phenoxy) is 1. The molecule has 1 amide bonds. The van der Waals surface area contributed by atoms with Crippen LogP contribution in [0.5, 0.6) is 5.75 Å². The minimum atomic E-state index is -1.13. The monoisotopic (exact) mass is 461 g/mol. The van der Waals surface area contributed by atoms with E-state index in [2.05, 4.69) is 0 Å². The van der Waals surface area contributed by atoms with Crippen LogP contribution in [0.4, 0.5) is 4.39 Å². The van der Waals surface area contributed by atoms with Gasteiger partial charge in [0.05, 0.1) is 6.17 Å². The molecule has 3 rings (SSSR count). The summed E-state index contributed by atoms with van der Waals surface area (Å²) in [5.74, 6) is -0.792. The SMILES string of the molecule is CCC(CCC(C)F)C(=O)N1CC(COc2ccc(-c3ccc(Cl)cc3)cc2)(C(=O)O)C1. The Morgan fingerprint density at radius 3 is 2.16 bits per heavy atom. The Kier molecular flexibility index (Phi) is 7.77. The highest BCUT2D eigenvalue weighted by molar-refractivity contribution is 6.30. The number of halogens is 2. The average molecular weight is 462 g/mol. The normalized spacial score (nSPS) is 16.7. The molecule has 0 spiro atoms. The zero-order valence-corrected chi connectivity index (χ0v) is 19.1. The number of rotatable bonds is 10. The fourth-order valence-corrected chi connectivity index (χ4v) is 4.05. The number of benzene rings is 2. The summed E-state index contributed by atoms with van der Waals surface area (Å²) in [6.45, 7) is 3.56. The molecule has 1 aliphatic rings. The first-order chi connectivity index (χ1) is 15.2. The van der Waals surface area contributed by atoms with E-state index >= 15 is 0 Å². The fourth-order valence-electron chi connectivity index (χ4n) is 3.93. The van der Waals surface area contributed by atoms with Crippen molar-refractivity contribution in [3.05, 3.63) is 53.6 Å². The molecule has 1 heterocycles. The Bertz CT molecular complexity index is 924. The first kappa shape index (κ1) is 24.1. The van der Waals surface area contributed by atoms with Crippen LogP contribution >= 0.6 is 11.6 Å². The van der Waals surface area contributed by atoms with E-state index < -0.39 is 17.6 Å². The smallest absolute Gasteiger partial charge is 0.316 e. The van der Waals surface area contributed by atoms with Gasteiger partial charge in [-0.25, -0.2) is 4.39 Å². The van der Waals surface area contributed by atoms with Gasteiger partial charge >= 0.3 is 5.97 Å². The van der Waals surface area contributed by atoms with Gasteiger partial charge in [-0.05, 0) is 61.6 Å². The second-order valence-electron chi connectivity index (χ2n) is 8.56. The molecule has 2 atom stereocenters. The summed E-state index contributed by atoms with van der Waals surface area (Å²) in [6.07, 6.45) is 0.460. The Morgan fingerprint density at radius 1 is 1.09 bits per heavy atom. The fraction of sp³-hybridized carbons (Fsp3) is 0.440. The highest BCUT2D eigenvalue weighted by atomic mass is 35.5. The molecule has 2 aromatic carbocycles. The second-order valence-corrected chi connectivity index (χ2v) is 9.00. The van der Waals surface area contributed by atoms with Crippen LogP contribution in [0.25, 0.3) is 11.1 Å². The lowest BCUT2D eigenvalue weighted by atomic mass is 9.79. The quantitative estimate of drug-likeness (QED) is 0.510. The van der Waals surface area contributed by atoms with E-state index in [0.29, 0.717) is 30.0 Å². The predicted molar refractivity (Wildman–Crippen MR) is 123 cm³/mol. The molecule has 0 bridgehead atoms. The number of nitrogens with zero attached hydrogens (tertiary/aromatic N) is 1. The third-order valence-corrected chi connectivity index (χ3v) is 6.31. The van der Waals surface area contributed by atoms with Crippen molar-refractivity contribution >= 4 is 23.5 Å². The highest BCUT2D eigenvalue weighted by Gasteiger charge is 2.52. The van der Waals surface area contributed by atoms with E-state index in [9.17, 15) is 19.1 Å². The number of carbonyl (C=O) groups excluding carboxylic acids is 1. The minimum absolute atomic E-state index is 0.0231. The summed E-state index contributed by atoms with van der Waals surface area (Å²) < 4.78 is 19.0. The molecule has 0 radical (unpaired) electrons. The Hall–Kier alpha value is -2.60. The van der Waals surface area contributed by atoms with Gasteiger partial charge < -0.3 is 14.7 Å². The van der Waals surface area contributed by atoms with E-state index in [1.165, 1.54) is 6.92 Å². The molecule has 32 heavy (non-hydrogen) atoms. The lowest BCUT2D eigenvalue weighted by molar-refractivity contribution is -0.171. The molecular weight excluding hydrogens is 433 g/mol. The predicted octanol–water partition coefficient (Wildman–Crippen LogP) is 5.46. The summed E-state index contributed by atoms with van der Waals surface area (Å²) in [4.78, 5) is 26.2. The zero-order valence-electron chi connectivity index (χ0n) is 18.4. The largest absolute Gasteiger partial charge is 0.492 e. The van der Waals surface area contributed by atoms with Crippen molar-refractivity contribution < 1.29 is 23.8 Å². The third-order valence-electron chi connectivity index (χ3n) is 6.05. The van der Waals surface area contributed by atoms with Gasteiger partial charge in [-0.15, -0.1) is 0 Å². The van der Waals surface area contributed by atoms with Crippen LogP contribution in [0.15, 0.2) is 48.5 Å². The maximum Gasteiger partial charge on any atom is 0.316 e. The van der Waals surface area contributed by atoms with Crippen molar-refractivity contribution in [3.8, 4) is 16.9 Å². The number of aliphatic carboxylic acids is 1. The minimum Gasteiger partial charge on any atom is -0.492 e. The molecule has 7 heteroatoms. The molecule has 0 saturated carbocycles.